The van der Waals surface area contributed by atoms with E-state index in [-0.39, 0.29) is 31.2 Å². The molecule has 8 heteroatoms. The Kier molecular flexibility index (Phi) is 7.52. The van der Waals surface area contributed by atoms with Crippen LogP contribution in [0, 0.1) is 0 Å². The molecule has 0 N–H and O–H groups in total. The number of rotatable bonds is 5. The van der Waals surface area contributed by atoms with E-state index in [1.165, 1.54) is 12.0 Å². The summed E-state index contributed by atoms with van der Waals surface area (Å²) in [6.07, 6.45) is 0.0977. The third kappa shape index (κ3) is 5.64. The third-order valence-electron chi connectivity index (χ3n) is 6.65. The fourth-order valence-corrected chi connectivity index (χ4v) is 4.91. The van der Waals surface area contributed by atoms with Crippen LogP contribution in [0.2, 0.25) is 0 Å². The van der Waals surface area contributed by atoms with E-state index in [2.05, 4.69) is 24.3 Å². The number of esters is 1. The Hall–Kier alpha value is -3.55. The molecule has 4 rings (SSSR count). The Labute approximate surface area is 212 Å². The molecule has 1 fully saturated rings. The van der Waals surface area contributed by atoms with Gasteiger partial charge in [0.15, 0.2) is 0 Å². The van der Waals surface area contributed by atoms with E-state index in [4.69, 9.17) is 14.2 Å². The van der Waals surface area contributed by atoms with Crippen LogP contribution in [-0.2, 0) is 19.0 Å². The Morgan fingerprint density at radius 1 is 0.944 bits per heavy atom. The molecule has 0 unspecified atom stereocenters. The molecule has 0 radical (unpaired) electrons. The van der Waals surface area contributed by atoms with Gasteiger partial charge in [0.25, 0.3) is 0 Å². The first kappa shape index (κ1) is 25.5. The van der Waals surface area contributed by atoms with E-state index in [0.717, 1.165) is 22.3 Å². The van der Waals surface area contributed by atoms with Crippen LogP contribution in [0.15, 0.2) is 48.5 Å². The van der Waals surface area contributed by atoms with Gasteiger partial charge in [-0.1, -0.05) is 48.5 Å². The van der Waals surface area contributed by atoms with Crippen LogP contribution in [-0.4, -0.2) is 72.9 Å². The number of ether oxygens (including phenoxy) is 3. The summed E-state index contributed by atoms with van der Waals surface area (Å²) in [6.45, 7) is 6.29. The van der Waals surface area contributed by atoms with Gasteiger partial charge in [-0.3, -0.25) is 9.69 Å². The molecule has 1 heterocycles. The highest BCUT2D eigenvalue weighted by molar-refractivity contribution is 5.80. The first-order valence-corrected chi connectivity index (χ1v) is 12.3. The summed E-state index contributed by atoms with van der Waals surface area (Å²) in [5.41, 5.74) is 3.96. The molecule has 1 saturated heterocycles. The first-order valence-electron chi connectivity index (χ1n) is 12.3. The molecule has 2 aliphatic rings. The monoisotopic (exact) mass is 494 g/mol. The summed E-state index contributed by atoms with van der Waals surface area (Å²) in [5.74, 6) is -0.589. The zero-order valence-electron chi connectivity index (χ0n) is 21.4. The van der Waals surface area contributed by atoms with Gasteiger partial charge in [-0.2, -0.15) is 0 Å². The zero-order valence-corrected chi connectivity index (χ0v) is 21.4. The number of nitrogens with zero attached hydrogens (tertiary/aromatic N) is 2. The Morgan fingerprint density at radius 2 is 1.50 bits per heavy atom. The summed E-state index contributed by atoms with van der Waals surface area (Å²) in [5, 5.41) is 0. The van der Waals surface area contributed by atoms with Gasteiger partial charge in [0.05, 0.1) is 7.11 Å². The van der Waals surface area contributed by atoms with Crippen molar-refractivity contribution in [3.05, 3.63) is 59.7 Å². The number of likely N-dealkylation sites (tertiary alicyclic amines) is 1. The average molecular weight is 495 g/mol. The van der Waals surface area contributed by atoms with E-state index in [0.29, 0.717) is 25.9 Å². The van der Waals surface area contributed by atoms with Crippen molar-refractivity contribution >= 4 is 18.2 Å². The molecule has 0 spiro atoms. The second kappa shape index (κ2) is 10.6. The predicted molar refractivity (Wildman–Crippen MR) is 135 cm³/mol. The number of piperidine rings is 1. The molecule has 2 aromatic rings. The van der Waals surface area contributed by atoms with Crippen molar-refractivity contribution in [2.45, 2.75) is 51.2 Å². The lowest BCUT2D eigenvalue weighted by atomic mass is 9.98. The molecule has 2 aromatic carbocycles. The highest BCUT2D eigenvalue weighted by atomic mass is 16.6. The molecule has 1 aliphatic heterocycles. The van der Waals surface area contributed by atoms with E-state index in [1.807, 2.05) is 45.0 Å². The number of fused-ring (bicyclic) bond motifs is 3. The van der Waals surface area contributed by atoms with Crippen molar-refractivity contribution in [1.29, 1.82) is 0 Å². The van der Waals surface area contributed by atoms with Gasteiger partial charge in [-0.05, 0) is 55.9 Å². The summed E-state index contributed by atoms with van der Waals surface area (Å²) in [6, 6.07) is 16.0. The highest BCUT2D eigenvalue weighted by Gasteiger charge is 2.35. The molecular formula is C28H34N2O6. The summed E-state index contributed by atoms with van der Waals surface area (Å²) < 4.78 is 16.1. The molecule has 1 aliphatic carbocycles. The number of hydrogen-bond acceptors (Lipinski definition) is 6. The molecule has 8 nitrogen and oxygen atoms in total. The largest absolute Gasteiger partial charge is 0.468 e. The minimum Gasteiger partial charge on any atom is -0.468 e. The second-order valence-electron chi connectivity index (χ2n) is 10.2. The lowest BCUT2D eigenvalue weighted by Crippen LogP contribution is -2.51. The summed E-state index contributed by atoms with van der Waals surface area (Å²) in [7, 11) is 1.29. The fourth-order valence-electron chi connectivity index (χ4n) is 4.91. The standard InChI is InChI=1S/C28H34N2O6/c1-28(2,3)36-26(32)29-15-13-19(14-16-29)30(17-25(31)34-4)27(33)35-18-24-22-11-7-5-9-20(22)21-10-6-8-12-23(21)24/h5-12,19,24H,13-18H2,1-4H3. The Morgan fingerprint density at radius 3 is 2.03 bits per heavy atom. The SMILES string of the molecule is COC(=O)CN(C(=O)OCC1c2ccccc2-c2ccccc21)C1CCN(C(=O)OC(C)(C)C)CC1. The normalized spacial score (nSPS) is 15.6. The Bertz CT molecular complexity index is 1070. The van der Waals surface area contributed by atoms with Gasteiger partial charge in [-0.15, -0.1) is 0 Å². The van der Waals surface area contributed by atoms with Crippen LogP contribution in [0.5, 0.6) is 0 Å². The van der Waals surface area contributed by atoms with Gasteiger partial charge in [0.1, 0.15) is 18.8 Å². The molecule has 0 saturated carbocycles. The van der Waals surface area contributed by atoms with Crippen molar-refractivity contribution in [2.75, 3.05) is 33.4 Å². The van der Waals surface area contributed by atoms with Gasteiger partial charge in [-0.25, -0.2) is 9.59 Å². The average Bonchev–Trinajstić information content (AvgIpc) is 3.18. The Balaban J connectivity index is 1.43. The molecule has 0 bridgehead atoms. The van der Waals surface area contributed by atoms with Crippen LogP contribution < -0.4 is 0 Å². The molecule has 36 heavy (non-hydrogen) atoms. The van der Waals surface area contributed by atoms with E-state index in [1.54, 1.807) is 4.90 Å². The molecule has 0 aromatic heterocycles. The minimum atomic E-state index is -0.577. The maximum absolute atomic E-state index is 13.3. The minimum absolute atomic E-state index is 0.0738. The van der Waals surface area contributed by atoms with E-state index >= 15 is 0 Å². The van der Waals surface area contributed by atoms with E-state index in [9.17, 15) is 14.4 Å². The van der Waals surface area contributed by atoms with Gasteiger partial charge >= 0.3 is 18.2 Å². The highest BCUT2D eigenvalue weighted by Crippen LogP contribution is 2.44. The number of hydrogen-bond donors (Lipinski definition) is 0. The van der Waals surface area contributed by atoms with E-state index < -0.39 is 17.7 Å². The van der Waals surface area contributed by atoms with Crippen molar-refractivity contribution in [3.8, 4) is 11.1 Å². The fraction of sp³-hybridized carbons (Fsp3) is 0.464. The van der Waals surface area contributed by atoms with Gasteiger partial charge in [0, 0.05) is 25.0 Å². The molecular weight excluding hydrogens is 460 g/mol. The maximum Gasteiger partial charge on any atom is 0.410 e. The molecule has 2 amide bonds. The van der Waals surface area contributed by atoms with Crippen LogP contribution in [0.4, 0.5) is 9.59 Å². The number of methoxy groups -OCH3 is 1. The van der Waals surface area contributed by atoms with Crippen molar-refractivity contribution < 1.29 is 28.6 Å². The lowest BCUT2D eigenvalue weighted by Gasteiger charge is -2.38. The van der Waals surface area contributed by atoms with Gasteiger partial charge < -0.3 is 19.1 Å². The molecule has 192 valence electrons. The van der Waals surface area contributed by atoms with Crippen LogP contribution in [0.3, 0.4) is 0 Å². The van der Waals surface area contributed by atoms with Crippen LogP contribution in [0.25, 0.3) is 11.1 Å². The number of carbonyl (C=O) groups is 3. The zero-order chi connectivity index (χ0) is 25.9. The number of carbonyl (C=O) groups excluding carboxylic acids is 3. The number of benzene rings is 2. The molecule has 0 atom stereocenters. The predicted octanol–water partition coefficient (Wildman–Crippen LogP) is 4.81. The summed E-state index contributed by atoms with van der Waals surface area (Å²) >= 11 is 0. The van der Waals surface area contributed by atoms with Crippen molar-refractivity contribution in [1.82, 2.24) is 9.80 Å². The quantitative estimate of drug-likeness (QED) is 0.438. The first-order chi connectivity index (χ1) is 17.2. The van der Waals surface area contributed by atoms with Crippen LogP contribution >= 0.6 is 0 Å². The van der Waals surface area contributed by atoms with Crippen molar-refractivity contribution in [2.24, 2.45) is 0 Å². The lowest BCUT2D eigenvalue weighted by molar-refractivity contribution is -0.142. The number of amides is 2. The summed E-state index contributed by atoms with van der Waals surface area (Å²) in [4.78, 5) is 40.9. The van der Waals surface area contributed by atoms with Gasteiger partial charge in [0.2, 0.25) is 0 Å². The topological polar surface area (TPSA) is 85.4 Å². The van der Waals surface area contributed by atoms with Crippen LogP contribution in [0.1, 0.15) is 50.7 Å². The smallest absolute Gasteiger partial charge is 0.410 e. The van der Waals surface area contributed by atoms with Crippen molar-refractivity contribution in [3.63, 3.8) is 0 Å². The maximum atomic E-state index is 13.3. The second-order valence-corrected chi connectivity index (χ2v) is 10.2. The third-order valence-corrected chi connectivity index (χ3v) is 6.65.